The Morgan fingerprint density at radius 2 is 1.96 bits per heavy atom. The van der Waals surface area contributed by atoms with Crippen molar-refractivity contribution in [3.05, 3.63) is 52.3 Å². The molecule has 0 fully saturated rings. The van der Waals surface area contributed by atoms with E-state index < -0.39 is 0 Å². The normalized spacial score (nSPS) is 11.1. The van der Waals surface area contributed by atoms with Crippen LogP contribution in [0.1, 0.15) is 28.1 Å². The van der Waals surface area contributed by atoms with Crippen LogP contribution in [0, 0.1) is 20.8 Å². The number of nitrogens with one attached hydrogen (secondary N) is 2. The second-order valence-corrected chi connectivity index (χ2v) is 5.86. The number of nitrogens with zero attached hydrogens (tertiary/aromatic N) is 3. The third-order valence-corrected chi connectivity index (χ3v) is 4.09. The Kier molecular flexibility index (Phi) is 8.24. The first-order valence-corrected chi connectivity index (χ1v) is 8.00. The topological polar surface area (TPSA) is 54.2 Å². The van der Waals surface area contributed by atoms with Gasteiger partial charge in [0.05, 0.1) is 5.69 Å². The predicted molar refractivity (Wildman–Crippen MR) is 111 cm³/mol. The summed E-state index contributed by atoms with van der Waals surface area (Å²) in [7, 11) is 3.79. The number of aromatic nitrogens is 2. The lowest BCUT2D eigenvalue weighted by molar-refractivity contribution is 0.729. The standard InChI is InChI=1S/C18H27N5.HI/c1-13-7-6-8-16(11-13)12-21-18(19-4)20-10-9-17-14(2)22-23(5)15(17)3;/h6-8,11H,9-10,12H2,1-5H3,(H2,19,20,21);1H. The maximum Gasteiger partial charge on any atom is 0.191 e. The summed E-state index contributed by atoms with van der Waals surface area (Å²) in [5.74, 6) is 0.825. The first-order valence-electron chi connectivity index (χ1n) is 8.00. The van der Waals surface area contributed by atoms with E-state index in [2.05, 4.69) is 65.8 Å². The molecule has 132 valence electrons. The second-order valence-electron chi connectivity index (χ2n) is 5.86. The summed E-state index contributed by atoms with van der Waals surface area (Å²) in [6.07, 6.45) is 0.941. The minimum atomic E-state index is 0. The molecule has 0 aliphatic rings. The largest absolute Gasteiger partial charge is 0.356 e. The minimum absolute atomic E-state index is 0. The fraction of sp³-hybridized carbons (Fsp3) is 0.444. The van der Waals surface area contributed by atoms with Gasteiger partial charge in [0, 0.05) is 32.9 Å². The first-order chi connectivity index (χ1) is 11.0. The van der Waals surface area contributed by atoms with Gasteiger partial charge in [-0.15, -0.1) is 24.0 Å². The molecule has 6 heteroatoms. The van der Waals surface area contributed by atoms with Gasteiger partial charge in [0.25, 0.3) is 0 Å². The Hall–Kier alpha value is -1.57. The van der Waals surface area contributed by atoms with E-state index in [0.29, 0.717) is 0 Å². The van der Waals surface area contributed by atoms with Crippen molar-refractivity contribution in [1.29, 1.82) is 0 Å². The second kappa shape index (κ2) is 9.66. The smallest absolute Gasteiger partial charge is 0.191 e. The van der Waals surface area contributed by atoms with Gasteiger partial charge in [0.1, 0.15) is 0 Å². The highest BCUT2D eigenvalue weighted by Crippen LogP contribution is 2.11. The molecule has 0 aliphatic heterocycles. The van der Waals surface area contributed by atoms with Gasteiger partial charge >= 0.3 is 0 Å². The van der Waals surface area contributed by atoms with Crippen molar-refractivity contribution in [2.75, 3.05) is 13.6 Å². The molecule has 24 heavy (non-hydrogen) atoms. The van der Waals surface area contributed by atoms with Crippen molar-refractivity contribution in [3.63, 3.8) is 0 Å². The number of hydrogen-bond donors (Lipinski definition) is 2. The number of benzene rings is 1. The van der Waals surface area contributed by atoms with Crippen LogP contribution in [0.2, 0.25) is 0 Å². The molecular formula is C18H28IN5. The maximum absolute atomic E-state index is 4.46. The minimum Gasteiger partial charge on any atom is -0.356 e. The molecule has 0 bridgehead atoms. The summed E-state index contributed by atoms with van der Waals surface area (Å²) >= 11 is 0. The summed E-state index contributed by atoms with van der Waals surface area (Å²) < 4.78 is 1.94. The Morgan fingerprint density at radius 1 is 1.21 bits per heavy atom. The Labute approximate surface area is 162 Å². The van der Waals surface area contributed by atoms with Gasteiger partial charge < -0.3 is 10.6 Å². The van der Waals surface area contributed by atoms with Crippen molar-refractivity contribution < 1.29 is 0 Å². The number of guanidine groups is 1. The van der Waals surface area contributed by atoms with E-state index in [-0.39, 0.29) is 24.0 Å². The lowest BCUT2D eigenvalue weighted by Crippen LogP contribution is -2.37. The third kappa shape index (κ3) is 5.51. The van der Waals surface area contributed by atoms with Crippen LogP contribution in [0.25, 0.3) is 0 Å². The zero-order valence-corrected chi connectivity index (χ0v) is 17.5. The van der Waals surface area contributed by atoms with Crippen LogP contribution in [-0.4, -0.2) is 29.3 Å². The van der Waals surface area contributed by atoms with Crippen LogP contribution >= 0.6 is 24.0 Å². The van der Waals surface area contributed by atoms with Crippen LogP contribution in [0.5, 0.6) is 0 Å². The molecule has 0 saturated carbocycles. The molecule has 1 heterocycles. The number of hydrogen-bond acceptors (Lipinski definition) is 2. The molecule has 2 rings (SSSR count). The summed E-state index contributed by atoms with van der Waals surface area (Å²) in [5, 5.41) is 11.2. The van der Waals surface area contributed by atoms with Crippen LogP contribution in [0.4, 0.5) is 0 Å². The van der Waals surface area contributed by atoms with Gasteiger partial charge in [-0.3, -0.25) is 9.67 Å². The summed E-state index contributed by atoms with van der Waals surface area (Å²) in [5.41, 5.74) is 6.18. The molecule has 0 unspecified atom stereocenters. The number of aliphatic imine (C=N–C) groups is 1. The highest BCUT2D eigenvalue weighted by Gasteiger charge is 2.09. The summed E-state index contributed by atoms with van der Waals surface area (Å²) in [4.78, 5) is 4.28. The van der Waals surface area contributed by atoms with E-state index in [1.54, 1.807) is 7.05 Å². The van der Waals surface area contributed by atoms with E-state index in [9.17, 15) is 0 Å². The van der Waals surface area contributed by atoms with Gasteiger partial charge in [-0.2, -0.15) is 5.10 Å². The van der Waals surface area contributed by atoms with Crippen molar-refractivity contribution >= 4 is 29.9 Å². The maximum atomic E-state index is 4.46. The number of halogens is 1. The molecule has 0 atom stereocenters. The monoisotopic (exact) mass is 441 g/mol. The molecule has 2 aromatic rings. The zero-order chi connectivity index (χ0) is 16.8. The quantitative estimate of drug-likeness (QED) is 0.426. The van der Waals surface area contributed by atoms with E-state index in [1.807, 2.05) is 11.7 Å². The Balaban J connectivity index is 0.00000288. The van der Waals surface area contributed by atoms with E-state index in [4.69, 9.17) is 0 Å². The van der Waals surface area contributed by atoms with Crippen LogP contribution in [0.3, 0.4) is 0 Å². The van der Waals surface area contributed by atoms with Gasteiger partial charge in [-0.25, -0.2) is 0 Å². The van der Waals surface area contributed by atoms with Crippen LogP contribution in [-0.2, 0) is 20.0 Å². The fourth-order valence-electron chi connectivity index (χ4n) is 2.71. The number of aryl methyl sites for hydroxylation is 3. The molecule has 0 aliphatic carbocycles. The Morgan fingerprint density at radius 3 is 2.54 bits per heavy atom. The highest BCUT2D eigenvalue weighted by atomic mass is 127. The van der Waals surface area contributed by atoms with Gasteiger partial charge in [0.2, 0.25) is 0 Å². The summed E-state index contributed by atoms with van der Waals surface area (Å²) in [6, 6.07) is 8.49. The highest BCUT2D eigenvalue weighted by molar-refractivity contribution is 14.0. The predicted octanol–water partition coefficient (Wildman–Crippen LogP) is 2.87. The van der Waals surface area contributed by atoms with E-state index >= 15 is 0 Å². The summed E-state index contributed by atoms with van der Waals surface area (Å²) in [6.45, 7) is 7.88. The first kappa shape index (κ1) is 20.5. The average molecular weight is 441 g/mol. The van der Waals surface area contributed by atoms with Crippen molar-refractivity contribution in [2.45, 2.75) is 33.7 Å². The number of rotatable bonds is 5. The van der Waals surface area contributed by atoms with Crippen LogP contribution < -0.4 is 10.6 Å². The molecule has 2 N–H and O–H groups in total. The lowest BCUT2D eigenvalue weighted by atomic mass is 10.1. The van der Waals surface area contributed by atoms with Crippen molar-refractivity contribution in [3.8, 4) is 0 Å². The molecule has 1 aromatic heterocycles. The molecule has 5 nitrogen and oxygen atoms in total. The molecular weight excluding hydrogens is 413 g/mol. The fourth-order valence-corrected chi connectivity index (χ4v) is 2.71. The third-order valence-electron chi connectivity index (χ3n) is 4.09. The molecule has 0 radical (unpaired) electrons. The van der Waals surface area contributed by atoms with Crippen molar-refractivity contribution in [1.82, 2.24) is 20.4 Å². The SMILES string of the molecule is CN=C(NCCc1c(C)nn(C)c1C)NCc1cccc(C)c1.I. The lowest BCUT2D eigenvalue weighted by Gasteiger charge is -2.12. The zero-order valence-electron chi connectivity index (χ0n) is 15.2. The van der Waals surface area contributed by atoms with Crippen LogP contribution in [0.15, 0.2) is 29.3 Å². The Bertz CT molecular complexity index is 691. The van der Waals surface area contributed by atoms with E-state index in [1.165, 1.54) is 22.4 Å². The van der Waals surface area contributed by atoms with Gasteiger partial charge in [-0.1, -0.05) is 29.8 Å². The molecule has 0 saturated heterocycles. The van der Waals surface area contributed by atoms with Gasteiger partial charge in [-0.05, 0) is 38.3 Å². The average Bonchev–Trinajstić information content (AvgIpc) is 2.76. The molecule has 0 amide bonds. The van der Waals surface area contributed by atoms with Gasteiger partial charge in [0.15, 0.2) is 5.96 Å². The van der Waals surface area contributed by atoms with Crippen molar-refractivity contribution in [2.24, 2.45) is 12.0 Å². The molecule has 1 aromatic carbocycles. The van der Waals surface area contributed by atoms with E-state index in [0.717, 1.165) is 31.2 Å². The molecule has 0 spiro atoms.